The van der Waals surface area contributed by atoms with E-state index < -0.39 is 10.0 Å². The molecule has 1 aromatic carbocycles. The first-order valence-corrected chi connectivity index (χ1v) is 7.53. The third-order valence-corrected chi connectivity index (χ3v) is 4.45. The predicted molar refractivity (Wildman–Crippen MR) is 72.0 cm³/mol. The number of sulfonamides is 1. The van der Waals surface area contributed by atoms with Gasteiger partial charge in [-0.2, -0.15) is 0 Å². The summed E-state index contributed by atoms with van der Waals surface area (Å²) in [6.07, 6.45) is 0.593. The highest BCUT2D eigenvalue weighted by atomic mass is 32.2. The maximum absolute atomic E-state index is 12.0. The summed E-state index contributed by atoms with van der Waals surface area (Å²) >= 11 is 0. The van der Waals surface area contributed by atoms with Crippen LogP contribution in [0.5, 0.6) is 0 Å². The lowest BCUT2D eigenvalue weighted by Crippen LogP contribution is -2.28. The summed E-state index contributed by atoms with van der Waals surface area (Å²) in [6.45, 7) is 6.16. The van der Waals surface area contributed by atoms with Crippen LogP contribution in [0.3, 0.4) is 0 Å². The molecular weight excluding hydrogens is 250 g/mol. The maximum atomic E-state index is 12.0. The van der Waals surface area contributed by atoms with Crippen LogP contribution in [0, 0.1) is 19.8 Å². The Morgan fingerprint density at radius 2 is 1.94 bits per heavy atom. The van der Waals surface area contributed by atoms with Gasteiger partial charge in [-0.3, -0.25) is 0 Å². The third-order valence-electron chi connectivity index (χ3n) is 3.03. The molecule has 0 aliphatic carbocycles. The maximum Gasteiger partial charge on any atom is 0.240 e. The lowest BCUT2D eigenvalue weighted by molar-refractivity contribution is 0.263. The van der Waals surface area contributed by atoms with Crippen molar-refractivity contribution >= 4 is 10.0 Å². The Kier molecular flexibility index (Phi) is 5.31. The van der Waals surface area contributed by atoms with E-state index in [2.05, 4.69) is 4.72 Å². The van der Waals surface area contributed by atoms with Gasteiger partial charge in [0, 0.05) is 13.2 Å². The van der Waals surface area contributed by atoms with Gasteiger partial charge in [0.05, 0.1) is 4.90 Å². The van der Waals surface area contributed by atoms with Crippen molar-refractivity contribution in [1.29, 1.82) is 0 Å². The van der Waals surface area contributed by atoms with E-state index in [0.717, 1.165) is 11.1 Å². The molecule has 2 N–H and O–H groups in total. The Balaban J connectivity index is 2.77. The molecule has 1 atom stereocenters. The molecule has 4 nitrogen and oxygen atoms in total. The number of benzene rings is 1. The number of aliphatic hydroxyl groups excluding tert-OH is 1. The quantitative estimate of drug-likeness (QED) is 0.826. The number of aliphatic hydroxyl groups is 1. The molecule has 0 amide bonds. The molecule has 0 aliphatic heterocycles. The summed E-state index contributed by atoms with van der Waals surface area (Å²) in [4.78, 5) is 0.293. The molecule has 0 radical (unpaired) electrons. The molecule has 0 fully saturated rings. The van der Waals surface area contributed by atoms with Gasteiger partial charge in [-0.15, -0.1) is 0 Å². The van der Waals surface area contributed by atoms with Crippen LogP contribution in [0.4, 0.5) is 0 Å². The van der Waals surface area contributed by atoms with Gasteiger partial charge in [-0.05, 0) is 49.4 Å². The molecular formula is C13H21NO3S. The van der Waals surface area contributed by atoms with E-state index in [9.17, 15) is 8.42 Å². The smallest absolute Gasteiger partial charge is 0.240 e. The first kappa shape index (κ1) is 15.1. The highest BCUT2D eigenvalue weighted by molar-refractivity contribution is 7.89. The first-order chi connectivity index (χ1) is 8.36. The fourth-order valence-electron chi connectivity index (χ4n) is 1.54. The molecule has 0 saturated heterocycles. The Bertz CT molecular complexity index is 497. The second kappa shape index (κ2) is 6.31. The zero-order chi connectivity index (χ0) is 13.8. The fraction of sp³-hybridized carbons (Fsp3) is 0.538. The topological polar surface area (TPSA) is 66.4 Å². The van der Waals surface area contributed by atoms with Gasteiger partial charge in [-0.1, -0.05) is 13.0 Å². The molecule has 0 aromatic heterocycles. The molecule has 0 aliphatic rings. The van der Waals surface area contributed by atoms with Crippen LogP contribution in [0.25, 0.3) is 0 Å². The van der Waals surface area contributed by atoms with Gasteiger partial charge in [0.1, 0.15) is 0 Å². The molecule has 0 saturated carbocycles. The molecule has 1 aromatic rings. The summed E-state index contributed by atoms with van der Waals surface area (Å²) in [5.74, 6) is 0.122. The van der Waals surface area contributed by atoms with Gasteiger partial charge >= 0.3 is 0 Å². The van der Waals surface area contributed by atoms with E-state index in [0.29, 0.717) is 17.9 Å². The van der Waals surface area contributed by atoms with E-state index >= 15 is 0 Å². The SMILES string of the molecule is Cc1ccc(S(=O)(=O)NCC(C)CCO)cc1C. The molecule has 18 heavy (non-hydrogen) atoms. The van der Waals surface area contributed by atoms with Crippen LogP contribution in [0.1, 0.15) is 24.5 Å². The molecule has 102 valence electrons. The number of hydrogen-bond donors (Lipinski definition) is 2. The average molecular weight is 271 g/mol. The molecule has 1 unspecified atom stereocenters. The van der Waals surface area contributed by atoms with Crippen molar-refractivity contribution < 1.29 is 13.5 Å². The molecule has 0 spiro atoms. The lowest BCUT2D eigenvalue weighted by Gasteiger charge is -2.12. The zero-order valence-electron chi connectivity index (χ0n) is 11.1. The summed E-state index contributed by atoms with van der Waals surface area (Å²) in [5, 5.41) is 8.77. The van der Waals surface area contributed by atoms with Gasteiger partial charge in [0.2, 0.25) is 10.0 Å². The van der Waals surface area contributed by atoms with E-state index in [4.69, 9.17) is 5.11 Å². The second-order valence-electron chi connectivity index (χ2n) is 4.72. The molecule has 0 heterocycles. The van der Waals surface area contributed by atoms with E-state index in [1.54, 1.807) is 18.2 Å². The fourth-order valence-corrected chi connectivity index (χ4v) is 2.79. The van der Waals surface area contributed by atoms with Crippen molar-refractivity contribution in [2.24, 2.45) is 5.92 Å². The molecule has 5 heteroatoms. The Morgan fingerprint density at radius 1 is 1.28 bits per heavy atom. The summed E-state index contributed by atoms with van der Waals surface area (Å²) < 4.78 is 26.6. The van der Waals surface area contributed by atoms with Crippen molar-refractivity contribution in [3.63, 3.8) is 0 Å². The van der Waals surface area contributed by atoms with Crippen molar-refractivity contribution in [2.45, 2.75) is 32.1 Å². The van der Waals surface area contributed by atoms with Crippen LogP contribution in [-0.4, -0.2) is 26.7 Å². The molecule has 0 bridgehead atoms. The Labute approximate surface area is 109 Å². The molecule has 1 rings (SSSR count). The van der Waals surface area contributed by atoms with Crippen molar-refractivity contribution in [1.82, 2.24) is 4.72 Å². The minimum absolute atomic E-state index is 0.0759. The van der Waals surface area contributed by atoms with Crippen LogP contribution in [0.15, 0.2) is 23.1 Å². The van der Waals surface area contributed by atoms with E-state index in [1.165, 1.54) is 0 Å². The van der Waals surface area contributed by atoms with Gasteiger partial charge in [0.15, 0.2) is 0 Å². The number of rotatable bonds is 6. The van der Waals surface area contributed by atoms with E-state index in [-0.39, 0.29) is 12.5 Å². The monoisotopic (exact) mass is 271 g/mol. The number of aryl methyl sites for hydroxylation is 2. The predicted octanol–water partition coefficient (Wildman–Crippen LogP) is 1.60. The highest BCUT2D eigenvalue weighted by Crippen LogP contribution is 2.14. The Morgan fingerprint density at radius 3 is 2.50 bits per heavy atom. The van der Waals surface area contributed by atoms with Crippen LogP contribution in [-0.2, 0) is 10.0 Å². The van der Waals surface area contributed by atoms with Crippen molar-refractivity contribution in [2.75, 3.05) is 13.2 Å². The van der Waals surface area contributed by atoms with Gasteiger partial charge < -0.3 is 5.11 Å². The standard InChI is InChI=1S/C13H21NO3S/c1-10(6-7-15)9-14-18(16,17)13-5-4-11(2)12(3)8-13/h4-5,8,10,14-15H,6-7,9H2,1-3H3. The van der Waals surface area contributed by atoms with Crippen LogP contribution in [0.2, 0.25) is 0 Å². The first-order valence-electron chi connectivity index (χ1n) is 6.04. The highest BCUT2D eigenvalue weighted by Gasteiger charge is 2.15. The third kappa shape index (κ3) is 4.08. The normalized spacial score (nSPS) is 13.6. The Hall–Kier alpha value is -0.910. The van der Waals surface area contributed by atoms with E-state index in [1.807, 2.05) is 20.8 Å². The van der Waals surface area contributed by atoms with Crippen molar-refractivity contribution in [3.05, 3.63) is 29.3 Å². The summed E-state index contributed by atoms with van der Waals surface area (Å²) in [6, 6.07) is 5.09. The number of hydrogen-bond acceptors (Lipinski definition) is 3. The van der Waals surface area contributed by atoms with Crippen LogP contribution < -0.4 is 4.72 Å². The average Bonchev–Trinajstić information content (AvgIpc) is 2.30. The lowest BCUT2D eigenvalue weighted by atomic mass is 10.1. The zero-order valence-corrected chi connectivity index (χ0v) is 11.9. The van der Waals surface area contributed by atoms with Crippen molar-refractivity contribution in [3.8, 4) is 0 Å². The minimum Gasteiger partial charge on any atom is -0.396 e. The van der Waals surface area contributed by atoms with Gasteiger partial charge in [0.25, 0.3) is 0 Å². The summed E-state index contributed by atoms with van der Waals surface area (Å²) in [7, 11) is -3.44. The second-order valence-corrected chi connectivity index (χ2v) is 6.48. The van der Waals surface area contributed by atoms with Gasteiger partial charge in [-0.25, -0.2) is 13.1 Å². The minimum atomic E-state index is -3.44. The number of nitrogens with one attached hydrogen (secondary N) is 1. The van der Waals surface area contributed by atoms with Crippen LogP contribution >= 0.6 is 0 Å². The summed E-state index contributed by atoms with van der Waals surface area (Å²) in [5.41, 5.74) is 2.03. The largest absolute Gasteiger partial charge is 0.396 e.